The van der Waals surface area contributed by atoms with Crippen LogP contribution in [0.25, 0.3) is 5.70 Å². The lowest BCUT2D eigenvalue weighted by Crippen LogP contribution is -2.14. The van der Waals surface area contributed by atoms with Crippen LogP contribution in [0.1, 0.15) is 27.0 Å². The van der Waals surface area contributed by atoms with Crippen LogP contribution in [0.2, 0.25) is 0 Å². The number of nitrogens with one attached hydrogen (secondary N) is 2. The number of carbonyl (C=O) groups excluding carboxylic acids is 1. The lowest BCUT2D eigenvalue weighted by molar-refractivity contribution is -0.137. The summed E-state index contributed by atoms with van der Waals surface area (Å²) < 4.78 is 38.5. The van der Waals surface area contributed by atoms with Gasteiger partial charge in [0.15, 0.2) is 0 Å². The molecular weight excluding hydrogens is 367 g/mol. The number of carbonyl (C=O) groups is 1. The lowest BCUT2D eigenvalue weighted by atomic mass is 10.0. The van der Waals surface area contributed by atoms with E-state index in [2.05, 4.69) is 16.9 Å². The van der Waals surface area contributed by atoms with Gasteiger partial charge in [0.1, 0.15) is 0 Å². The number of alkyl halides is 3. The Balaban J connectivity index is 1.87. The van der Waals surface area contributed by atoms with Crippen molar-refractivity contribution in [3.05, 3.63) is 82.9 Å². The molecule has 28 heavy (non-hydrogen) atoms. The largest absolute Gasteiger partial charge is 0.416 e. The number of anilines is 1. The molecular formula is C21H16F3N3O. The summed E-state index contributed by atoms with van der Waals surface area (Å²) in [5.74, 6) is -0.645. The predicted octanol–water partition coefficient (Wildman–Crippen LogP) is 5.27. The number of hydrogen-bond acceptors (Lipinski definition) is 3. The third kappa shape index (κ3) is 4.09. The first kappa shape index (κ1) is 19.3. The number of aliphatic imine (C=N–C) groups is 1. The third-order valence-electron chi connectivity index (χ3n) is 4.21. The van der Waals surface area contributed by atoms with Gasteiger partial charge in [-0.2, -0.15) is 13.2 Å². The number of allylic oxidation sites excluding steroid dienone is 2. The zero-order valence-corrected chi connectivity index (χ0v) is 14.9. The van der Waals surface area contributed by atoms with Gasteiger partial charge in [-0.3, -0.25) is 15.2 Å². The summed E-state index contributed by atoms with van der Waals surface area (Å²) in [6, 6.07) is 9.37. The maximum atomic E-state index is 12.8. The molecule has 0 bridgehead atoms. The van der Waals surface area contributed by atoms with Crippen LogP contribution in [0.4, 0.5) is 18.9 Å². The number of amides is 1. The van der Waals surface area contributed by atoms with Gasteiger partial charge in [-0.05, 0) is 54.5 Å². The van der Waals surface area contributed by atoms with E-state index in [1.165, 1.54) is 18.3 Å². The van der Waals surface area contributed by atoms with Crippen molar-refractivity contribution in [1.29, 1.82) is 5.41 Å². The van der Waals surface area contributed by atoms with Crippen molar-refractivity contribution < 1.29 is 18.0 Å². The van der Waals surface area contributed by atoms with Crippen LogP contribution in [0, 0.1) is 12.3 Å². The summed E-state index contributed by atoms with van der Waals surface area (Å²) >= 11 is 0. The van der Waals surface area contributed by atoms with E-state index in [1.807, 2.05) is 6.92 Å². The van der Waals surface area contributed by atoms with Crippen LogP contribution in [0.15, 0.2) is 65.7 Å². The summed E-state index contributed by atoms with van der Waals surface area (Å²) in [6.07, 6.45) is -1.46. The first-order valence-electron chi connectivity index (χ1n) is 8.28. The van der Waals surface area contributed by atoms with E-state index in [0.29, 0.717) is 17.0 Å². The van der Waals surface area contributed by atoms with Crippen molar-refractivity contribution in [2.75, 3.05) is 5.32 Å². The molecule has 0 aromatic heterocycles. The van der Waals surface area contributed by atoms with Crippen molar-refractivity contribution in [1.82, 2.24) is 0 Å². The van der Waals surface area contributed by atoms with E-state index in [-0.39, 0.29) is 11.3 Å². The van der Waals surface area contributed by atoms with Crippen molar-refractivity contribution in [2.24, 2.45) is 4.99 Å². The summed E-state index contributed by atoms with van der Waals surface area (Å²) in [5.41, 5.74) is 2.40. The first-order chi connectivity index (χ1) is 13.1. The average molecular weight is 383 g/mol. The maximum Gasteiger partial charge on any atom is 0.416 e. The third-order valence-corrected chi connectivity index (χ3v) is 4.21. The second-order valence-corrected chi connectivity index (χ2v) is 6.29. The molecule has 2 aromatic carbocycles. The minimum Gasteiger partial charge on any atom is -0.322 e. The summed E-state index contributed by atoms with van der Waals surface area (Å²) in [5, 5.41) is 10.3. The number of halogens is 3. The zero-order valence-electron chi connectivity index (χ0n) is 14.9. The van der Waals surface area contributed by atoms with E-state index in [9.17, 15) is 18.0 Å². The van der Waals surface area contributed by atoms with Crippen molar-refractivity contribution in [3.63, 3.8) is 0 Å². The summed E-state index contributed by atoms with van der Waals surface area (Å²) in [6.45, 7) is 5.65. The number of rotatable bonds is 3. The Bertz CT molecular complexity index is 1050. The number of hydrogen-bond donors (Lipinski definition) is 2. The van der Waals surface area contributed by atoms with Gasteiger partial charge in [0.25, 0.3) is 5.91 Å². The van der Waals surface area contributed by atoms with Crippen LogP contribution in [0.5, 0.6) is 0 Å². The second-order valence-electron chi connectivity index (χ2n) is 6.29. The van der Waals surface area contributed by atoms with Gasteiger partial charge in [0, 0.05) is 16.8 Å². The van der Waals surface area contributed by atoms with Crippen LogP contribution >= 0.6 is 0 Å². The van der Waals surface area contributed by atoms with Crippen LogP contribution in [-0.2, 0) is 6.18 Å². The molecule has 0 unspecified atom stereocenters. The first-order valence-corrected chi connectivity index (χ1v) is 8.28. The highest BCUT2D eigenvalue weighted by Gasteiger charge is 2.30. The van der Waals surface area contributed by atoms with Gasteiger partial charge < -0.3 is 5.32 Å². The molecule has 2 aromatic rings. The van der Waals surface area contributed by atoms with Crippen molar-refractivity contribution >= 4 is 29.2 Å². The SMILES string of the molecule is C=C1C=C(c2cc(NC(=O)c3cccc(C(F)(F)F)c3)ccc2C)N=CC1=N. The Hall–Kier alpha value is -3.48. The molecule has 2 N–H and O–H groups in total. The molecule has 1 heterocycles. The molecule has 0 atom stereocenters. The average Bonchev–Trinajstić information content (AvgIpc) is 2.65. The number of benzene rings is 2. The fourth-order valence-corrected chi connectivity index (χ4v) is 2.66. The smallest absolute Gasteiger partial charge is 0.322 e. The monoisotopic (exact) mass is 383 g/mol. The predicted molar refractivity (Wildman–Crippen MR) is 104 cm³/mol. The highest BCUT2D eigenvalue weighted by Crippen LogP contribution is 2.30. The maximum absolute atomic E-state index is 12.8. The summed E-state index contributed by atoms with van der Waals surface area (Å²) in [7, 11) is 0. The number of nitrogens with zero attached hydrogens (tertiary/aromatic N) is 1. The zero-order chi connectivity index (χ0) is 20.5. The Morgan fingerprint density at radius 1 is 1.18 bits per heavy atom. The van der Waals surface area contributed by atoms with Crippen LogP contribution < -0.4 is 5.32 Å². The highest BCUT2D eigenvalue weighted by atomic mass is 19.4. The van der Waals surface area contributed by atoms with E-state index in [1.54, 1.807) is 24.3 Å². The van der Waals surface area contributed by atoms with Crippen molar-refractivity contribution in [3.8, 4) is 0 Å². The fraction of sp³-hybridized carbons (Fsp3) is 0.0952. The molecule has 1 amide bonds. The van der Waals surface area contributed by atoms with E-state index in [4.69, 9.17) is 5.41 Å². The highest BCUT2D eigenvalue weighted by molar-refractivity contribution is 6.39. The Morgan fingerprint density at radius 3 is 2.61 bits per heavy atom. The molecule has 0 fully saturated rings. The van der Waals surface area contributed by atoms with Gasteiger partial charge in [-0.25, -0.2) is 0 Å². The minimum atomic E-state index is -4.52. The molecule has 0 radical (unpaired) electrons. The lowest BCUT2D eigenvalue weighted by Gasteiger charge is -2.14. The Labute approximate surface area is 159 Å². The van der Waals surface area contributed by atoms with Gasteiger partial charge >= 0.3 is 6.18 Å². The second kappa shape index (κ2) is 7.26. The summed E-state index contributed by atoms with van der Waals surface area (Å²) in [4.78, 5) is 16.6. The molecule has 142 valence electrons. The normalized spacial score (nSPS) is 14.1. The van der Waals surface area contributed by atoms with Gasteiger partial charge in [0.2, 0.25) is 0 Å². The molecule has 7 heteroatoms. The molecule has 1 aliphatic heterocycles. The van der Waals surface area contributed by atoms with Crippen LogP contribution in [-0.4, -0.2) is 17.8 Å². The van der Waals surface area contributed by atoms with Gasteiger partial charge in [-0.15, -0.1) is 0 Å². The molecule has 0 aliphatic carbocycles. The molecule has 0 saturated heterocycles. The quantitative estimate of drug-likeness (QED) is 0.745. The molecule has 0 spiro atoms. The molecule has 1 aliphatic rings. The number of aryl methyl sites for hydroxylation is 1. The van der Waals surface area contributed by atoms with Gasteiger partial charge in [-0.1, -0.05) is 18.7 Å². The van der Waals surface area contributed by atoms with Crippen LogP contribution in [0.3, 0.4) is 0 Å². The van der Waals surface area contributed by atoms with E-state index in [0.717, 1.165) is 23.3 Å². The van der Waals surface area contributed by atoms with E-state index >= 15 is 0 Å². The fourth-order valence-electron chi connectivity index (χ4n) is 2.66. The topological polar surface area (TPSA) is 65.3 Å². The Morgan fingerprint density at radius 2 is 1.93 bits per heavy atom. The molecule has 4 nitrogen and oxygen atoms in total. The van der Waals surface area contributed by atoms with Gasteiger partial charge in [0.05, 0.1) is 23.2 Å². The minimum absolute atomic E-state index is 0.0892. The Kier molecular flexibility index (Phi) is 5.00. The molecule has 3 rings (SSSR count). The van der Waals surface area contributed by atoms with E-state index < -0.39 is 17.6 Å². The van der Waals surface area contributed by atoms with Crippen molar-refractivity contribution in [2.45, 2.75) is 13.1 Å². The molecule has 0 saturated carbocycles. The standard InChI is InChI=1S/C21H16F3N3O/c1-12-6-7-16(10-17(12)19-8-13(2)18(25)11-26-19)27-20(28)14-4-3-5-15(9-14)21(22,23)24/h3-11,25H,2H2,1H3,(H,27,28).